The zero-order chi connectivity index (χ0) is 14.5. The fraction of sp³-hybridized carbons (Fsp3) is 0.588. The number of anilines is 1. The summed E-state index contributed by atoms with van der Waals surface area (Å²) < 4.78 is 0. The van der Waals surface area contributed by atoms with Crippen molar-refractivity contribution in [3.8, 4) is 0 Å². The summed E-state index contributed by atoms with van der Waals surface area (Å²) in [6.45, 7) is 6.53. The summed E-state index contributed by atoms with van der Waals surface area (Å²) in [7, 11) is 2.01. The van der Waals surface area contributed by atoms with Crippen LogP contribution in [0.3, 0.4) is 0 Å². The van der Waals surface area contributed by atoms with E-state index in [0.29, 0.717) is 6.54 Å². The monoisotopic (exact) mass is 274 g/mol. The van der Waals surface area contributed by atoms with Crippen molar-refractivity contribution in [2.24, 2.45) is 0 Å². The quantitative estimate of drug-likeness (QED) is 0.845. The summed E-state index contributed by atoms with van der Waals surface area (Å²) in [5.74, 6) is 0.260. The van der Waals surface area contributed by atoms with Gasteiger partial charge in [-0.2, -0.15) is 0 Å². The van der Waals surface area contributed by atoms with E-state index in [0.717, 1.165) is 31.6 Å². The Bertz CT molecular complexity index is 462. The summed E-state index contributed by atoms with van der Waals surface area (Å²) >= 11 is 0. The highest BCUT2D eigenvalue weighted by Gasteiger charge is 2.17. The van der Waals surface area contributed by atoms with Crippen LogP contribution in [-0.2, 0) is 4.79 Å². The smallest absolute Gasteiger partial charge is 0.242 e. The maximum Gasteiger partial charge on any atom is 0.242 e. The number of likely N-dealkylation sites (N-methyl/N-ethyl adjacent to an activating group) is 1. The fourth-order valence-corrected chi connectivity index (χ4v) is 2.84. The van der Waals surface area contributed by atoms with Crippen LogP contribution in [0.5, 0.6) is 0 Å². The Balaban J connectivity index is 2.01. The second-order valence-electron chi connectivity index (χ2n) is 5.94. The molecular formula is C17H26N2O. The number of benzene rings is 1. The number of nitrogens with zero attached hydrogens (tertiary/aromatic N) is 2. The van der Waals surface area contributed by atoms with Crippen molar-refractivity contribution in [1.82, 2.24) is 4.90 Å². The maximum atomic E-state index is 12.4. The van der Waals surface area contributed by atoms with Crippen molar-refractivity contribution < 1.29 is 4.79 Å². The van der Waals surface area contributed by atoms with Gasteiger partial charge in [-0.15, -0.1) is 0 Å². The van der Waals surface area contributed by atoms with Crippen LogP contribution >= 0.6 is 0 Å². The van der Waals surface area contributed by atoms with E-state index in [1.54, 1.807) is 0 Å². The summed E-state index contributed by atoms with van der Waals surface area (Å²) in [6, 6.07) is 6.39. The van der Waals surface area contributed by atoms with E-state index >= 15 is 0 Å². The van der Waals surface area contributed by atoms with Crippen LogP contribution < -0.4 is 4.90 Å². The van der Waals surface area contributed by atoms with Crippen LogP contribution in [0.4, 0.5) is 5.69 Å². The second kappa shape index (κ2) is 6.78. The van der Waals surface area contributed by atoms with E-state index in [-0.39, 0.29) is 5.91 Å². The highest BCUT2D eigenvalue weighted by molar-refractivity contribution is 5.81. The number of amides is 1. The highest BCUT2D eigenvalue weighted by Crippen LogP contribution is 2.20. The van der Waals surface area contributed by atoms with Crippen molar-refractivity contribution in [2.45, 2.75) is 39.5 Å². The van der Waals surface area contributed by atoms with Crippen LogP contribution in [0.15, 0.2) is 18.2 Å². The van der Waals surface area contributed by atoms with E-state index in [1.165, 1.54) is 24.0 Å². The molecule has 0 aromatic heterocycles. The first-order chi connectivity index (χ1) is 9.58. The molecule has 0 spiro atoms. The molecule has 0 bridgehead atoms. The van der Waals surface area contributed by atoms with Gasteiger partial charge in [-0.3, -0.25) is 4.79 Å². The molecule has 110 valence electrons. The van der Waals surface area contributed by atoms with Crippen molar-refractivity contribution in [3.63, 3.8) is 0 Å². The van der Waals surface area contributed by atoms with Crippen molar-refractivity contribution in [2.75, 3.05) is 31.6 Å². The maximum absolute atomic E-state index is 12.4. The molecule has 1 aliphatic heterocycles. The lowest BCUT2D eigenvalue weighted by atomic mass is 10.1. The van der Waals surface area contributed by atoms with Crippen LogP contribution in [0.25, 0.3) is 0 Å². The SMILES string of the molecule is Cc1ccc(C)c(N(C)CC(=O)N2CCCCCC2)c1. The number of carbonyl (C=O) groups excluding carboxylic acids is 1. The largest absolute Gasteiger partial charge is 0.365 e. The molecule has 0 atom stereocenters. The average molecular weight is 274 g/mol. The molecule has 1 amide bonds. The molecule has 1 saturated heterocycles. The van der Waals surface area contributed by atoms with Crippen molar-refractivity contribution in [3.05, 3.63) is 29.3 Å². The summed E-state index contributed by atoms with van der Waals surface area (Å²) in [6.07, 6.45) is 4.82. The topological polar surface area (TPSA) is 23.6 Å². The van der Waals surface area contributed by atoms with Crippen molar-refractivity contribution >= 4 is 11.6 Å². The van der Waals surface area contributed by atoms with E-state index in [4.69, 9.17) is 0 Å². The molecule has 0 aliphatic carbocycles. The predicted octanol–water partition coefficient (Wildman–Crippen LogP) is 3.14. The molecule has 1 fully saturated rings. The summed E-state index contributed by atoms with van der Waals surface area (Å²) in [4.78, 5) is 16.5. The number of hydrogen-bond donors (Lipinski definition) is 0. The van der Waals surface area contributed by atoms with E-state index in [2.05, 4.69) is 36.9 Å². The molecule has 2 rings (SSSR count). The molecule has 0 unspecified atom stereocenters. The van der Waals surface area contributed by atoms with Gasteiger partial charge in [0.15, 0.2) is 0 Å². The number of likely N-dealkylation sites (tertiary alicyclic amines) is 1. The standard InChI is InChI=1S/C17H26N2O/c1-14-8-9-15(2)16(12-14)18(3)13-17(20)19-10-6-4-5-7-11-19/h8-9,12H,4-7,10-11,13H2,1-3H3. The third kappa shape index (κ3) is 3.75. The predicted molar refractivity (Wildman–Crippen MR) is 84.2 cm³/mol. The van der Waals surface area contributed by atoms with Crippen molar-refractivity contribution in [1.29, 1.82) is 0 Å². The number of carbonyl (C=O) groups is 1. The Labute approximate surface area is 122 Å². The Morgan fingerprint density at radius 3 is 2.45 bits per heavy atom. The fourth-order valence-electron chi connectivity index (χ4n) is 2.84. The van der Waals surface area contributed by atoms with Gasteiger partial charge in [0.25, 0.3) is 0 Å². The first kappa shape index (κ1) is 14.9. The first-order valence-corrected chi connectivity index (χ1v) is 7.64. The zero-order valence-corrected chi connectivity index (χ0v) is 13.0. The van der Waals surface area contributed by atoms with Gasteiger partial charge < -0.3 is 9.80 Å². The minimum atomic E-state index is 0.260. The van der Waals surface area contributed by atoms with E-state index in [9.17, 15) is 4.79 Å². The molecule has 3 heteroatoms. The summed E-state index contributed by atoms with van der Waals surface area (Å²) in [5, 5.41) is 0. The lowest BCUT2D eigenvalue weighted by Crippen LogP contribution is -2.39. The van der Waals surface area contributed by atoms with Gasteiger partial charge in [0.05, 0.1) is 6.54 Å². The van der Waals surface area contributed by atoms with Gasteiger partial charge in [0.1, 0.15) is 0 Å². The molecule has 1 aromatic carbocycles. The number of aryl methyl sites for hydroxylation is 2. The molecule has 1 aliphatic rings. The minimum absolute atomic E-state index is 0.260. The molecule has 1 aromatic rings. The molecule has 3 nitrogen and oxygen atoms in total. The Morgan fingerprint density at radius 1 is 1.15 bits per heavy atom. The minimum Gasteiger partial charge on any atom is -0.365 e. The molecule has 1 heterocycles. The number of hydrogen-bond acceptors (Lipinski definition) is 2. The van der Waals surface area contributed by atoms with Crippen LogP contribution in [0, 0.1) is 13.8 Å². The normalized spacial score (nSPS) is 15.8. The lowest BCUT2D eigenvalue weighted by Gasteiger charge is -2.26. The second-order valence-corrected chi connectivity index (χ2v) is 5.94. The number of rotatable bonds is 3. The van der Waals surface area contributed by atoms with E-state index < -0.39 is 0 Å². The third-order valence-corrected chi connectivity index (χ3v) is 4.11. The van der Waals surface area contributed by atoms with Gasteiger partial charge in [0.2, 0.25) is 5.91 Å². The Hall–Kier alpha value is -1.51. The summed E-state index contributed by atoms with van der Waals surface area (Å²) in [5.41, 5.74) is 3.62. The Morgan fingerprint density at radius 2 is 1.80 bits per heavy atom. The highest BCUT2D eigenvalue weighted by atomic mass is 16.2. The molecule has 20 heavy (non-hydrogen) atoms. The molecule has 0 N–H and O–H groups in total. The van der Waals surface area contributed by atoms with Gasteiger partial charge in [-0.1, -0.05) is 25.0 Å². The van der Waals surface area contributed by atoms with Gasteiger partial charge in [0, 0.05) is 25.8 Å². The van der Waals surface area contributed by atoms with E-state index in [1.807, 2.05) is 11.9 Å². The Kier molecular flexibility index (Phi) is 5.05. The average Bonchev–Trinajstić information content (AvgIpc) is 2.70. The zero-order valence-electron chi connectivity index (χ0n) is 13.0. The van der Waals surface area contributed by atoms with Crippen LogP contribution in [0.1, 0.15) is 36.8 Å². The van der Waals surface area contributed by atoms with Crippen LogP contribution in [-0.4, -0.2) is 37.5 Å². The van der Waals surface area contributed by atoms with Gasteiger partial charge in [-0.05, 0) is 43.9 Å². The molecular weight excluding hydrogens is 248 g/mol. The first-order valence-electron chi connectivity index (χ1n) is 7.64. The van der Waals surface area contributed by atoms with Gasteiger partial charge >= 0.3 is 0 Å². The van der Waals surface area contributed by atoms with Crippen LogP contribution in [0.2, 0.25) is 0 Å². The molecule has 0 saturated carbocycles. The third-order valence-electron chi connectivity index (χ3n) is 4.11. The van der Waals surface area contributed by atoms with Gasteiger partial charge in [-0.25, -0.2) is 0 Å². The lowest BCUT2D eigenvalue weighted by molar-refractivity contribution is -0.129. The molecule has 0 radical (unpaired) electrons.